The molecule has 2 aromatic carbocycles. The van der Waals surface area contributed by atoms with E-state index in [-0.39, 0.29) is 12.1 Å². The second-order valence-corrected chi connectivity index (χ2v) is 9.44. The number of ether oxygens (including phenoxy) is 1. The van der Waals surface area contributed by atoms with Crippen LogP contribution in [0.4, 0.5) is 0 Å². The second-order valence-electron chi connectivity index (χ2n) is 9.05. The smallest absolute Gasteiger partial charge is 0.170 e. The zero-order chi connectivity index (χ0) is 24.5. The summed E-state index contributed by atoms with van der Waals surface area (Å²) in [5.74, 6) is 0.848. The molecule has 1 saturated heterocycles. The van der Waals surface area contributed by atoms with Crippen molar-refractivity contribution >= 4 is 17.3 Å². The number of aromatic nitrogens is 2. The van der Waals surface area contributed by atoms with E-state index in [1.54, 1.807) is 7.11 Å². The number of thiocarbonyl (C=S) groups is 1. The zero-order valence-corrected chi connectivity index (χ0v) is 21.3. The van der Waals surface area contributed by atoms with Crippen LogP contribution in [-0.2, 0) is 6.54 Å². The van der Waals surface area contributed by atoms with E-state index < -0.39 is 0 Å². The van der Waals surface area contributed by atoms with Crippen LogP contribution in [0.5, 0.6) is 5.75 Å². The quantitative estimate of drug-likeness (QED) is 0.343. The highest BCUT2D eigenvalue weighted by molar-refractivity contribution is 7.80. The van der Waals surface area contributed by atoms with Gasteiger partial charge in [-0.25, -0.2) is 0 Å². The molecule has 2 aromatic heterocycles. The molecule has 5 rings (SSSR count). The maximum absolute atomic E-state index is 5.90. The van der Waals surface area contributed by atoms with E-state index in [2.05, 4.69) is 84.1 Å². The first kappa shape index (κ1) is 23.1. The Labute approximate surface area is 212 Å². The molecule has 0 saturated carbocycles. The summed E-state index contributed by atoms with van der Waals surface area (Å²) in [4.78, 5) is 6.99. The molecular weight excluding hydrogens is 452 g/mol. The Hall–Kier alpha value is -3.64. The Morgan fingerprint density at radius 1 is 0.971 bits per heavy atom. The molecule has 4 aromatic rings. The van der Waals surface area contributed by atoms with Gasteiger partial charge in [-0.15, -0.1) is 0 Å². The number of hydrogen-bond donors (Lipinski definition) is 1. The van der Waals surface area contributed by atoms with E-state index >= 15 is 0 Å². The Bertz CT molecular complexity index is 1350. The standard InChI is InChI=1S/C29H30N4OS/c1-19-9-5-6-11-26(19)33-20(2)17-24(21(33)3)28-27(25-10-7-8-16-30-25)31-29(35)32(28)18-22-12-14-23(34-4)15-13-22/h5-17,27-28H,18H2,1-4H3,(H,31,35). The third-order valence-electron chi connectivity index (χ3n) is 6.86. The van der Waals surface area contributed by atoms with E-state index in [9.17, 15) is 0 Å². The number of benzene rings is 2. The van der Waals surface area contributed by atoms with Crippen molar-refractivity contribution in [2.75, 3.05) is 7.11 Å². The maximum Gasteiger partial charge on any atom is 0.170 e. The van der Waals surface area contributed by atoms with Gasteiger partial charge in [0.15, 0.2) is 5.11 Å². The summed E-state index contributed by atoms with van der Waals surface area (Å²) in [5.41, 5.74) is 8.28. The third kappa shape index (κ3) is 4.30. The molecule has 3 heterocycles. The van der Waals surface area contributed by atoms with Gasteiger partial charge in [-0.1, -0.05) is 36.4 Å². The van der Waals surface area contributed by atoms with Gasteiger partial charge in [0.2, 0.25) is 0 Å². The number of nitrogens with one attached hydrogen (secondary N) is 1. The molecular formula is C29H30N4OS. The molecule has 0 radical (unpaired) electrons. The fourth-order valence-electron chi connectivity index (χ4n) is 5.11. The third-order valence-corrected chi connectivity index (χ3v) is 7.21. The van der Waals surface area contributed by atoms with E-state index in [1.165, 1.54) is 33.8 Å². The highest BCUT2D eigenvalue weighted by atomic mass is 32.1. The van der Waals surface area contributed by atoms with Gasteiger partial charge >= 0.3 is 0 Å². The van der Waals surface area contributed by atoms with Crippen molar-refractivity contribution in [3.8, 4) is 11.4 Å². The van der Waals surface area contributed by atoms with Crippen LogP contribution in [0, 0.1) is 20.8 Å². The number of para-hydroxylation sites is 1. The molecule has 1 aliphatic heterocycles. The monoisotopic (exact) mass is 482 g/mol. The van der Waals surface area contributed by atoms with E-state index in [0.29, 0.717) is 6.54 Å². The van der Waals surface area contributed by atoms with Crippen LogP contribution in [0.15, 0.2) is 79.0 Å². The highest BCUT2D eigenvalue weighted by Crippen LogP contribution is 2.42. The molecule has 5 nitrogen and oxygen atoms in total. The first-order valence-corrected chi connectivity index (χ1v) is 12.2. The lowest BCUT2D eigenvalue weighted by molar-refractivity contribution is 0.310. The number of nitrogens with zero attached hydrogens (tertiary/aromatic N) is 3. The Morgan fingerprint density at radius 3 is 2.40 bits per heavy atom. The Morgan fingerprint density at radius 2 is 1.71 bits per heavy atom. The lowest BCUT2D eigenvalue weighted by Crippen LogP contribution is -2.29. The molecule has 35 heavy (non-hydrogen) atoms. The topological polar surface area (TPSA) is 42.3 Å². The van der Waals surface area contributed by atoms with E-state index in [4.69, 9.17) is 21.9 Å². The van der Waals surface area contributed by atoms with Crippen LogP contribution >= 0.6 is 12.2 Å². The SMILES string of the molecule is COc1ccc(CN2C(=S)NC(c3ccccn3)C2c2cc(C)n(-c3ccccc3C)c2C)cc1. The molecule has 0 amide bonds. The van der Waals surface area contributed by atoms with E-state index in [1.807, 2.05) is 30.5 Å². The lowest BCUT2D eigenvalue weighted by Gasteiger charge is -2.28. The van der Waals surface area contributed by atoms with Crippen LogP contribution in [0.1, 0.15) is 45.9 Å². The number of rotatable bonds is 6. The van der Waals surface area contributed by atoms with E-state index in [0.717, 1.165) is 16.6 Å². The summed E-state index contributed by atoms with van der Waals surface area (Å²) >= 11 is 5.90. The predicted octanol–water partition coefficient (Wildman–Crippen LogP) is 5.98. The molecule has 0 aliphatic carbocycles. The first-order valence-electron chi connectivity index (χ1n) is 11.8. The number of aryl methyl sites for hydroxylation is 2. The lowest BCUT2D eigenvalue weighted by atomic mass is 9.96. The largest absolute Gasteiger partial charge is 0.497 e. The van der Waals surface area contributed by atoms with Crippen LogP contribution in [0.3, 0.4) is 0 Å². The van der Waals surface area contributed by atoms with Crippen molar-refractivity contribution in [1.29, 1.82) is 0 Å². The maximum atomic E-state index is 5.90. The number of pyridine rings is 1. The van der Waals surface area contributed by atoms with Gasteiger partial charge in [-0.3, -0.25) is 4.98 Å². The Balaban J connectivity index is 1.60. The second kappa shape index (κ2) is 9.55. The van der Waals surface area contributed by atoms with Gasteiger partial charge < -0.3 is 19.5 Å². The Kier molecular flexibility index (Phi) is 6.31. The molecule has 1 N–H and O–H groups in total. The summed E-state index contributed by atoms with van der Waals surface area (Å²) in [7, 11) is 1.69. The minimum atomic E-state index is -0.0484. The molecule has 2 atom stereocenters. The number of methoxy groups -OCH3 is 1. The average molecular weight is 483 g/mol. The normalized spacial score (nSPS) is 17.5. The fraction of sp³-hybridized carbons (Fsp3) is 0.241. The van der Waals surface area contributed by atoms with Crippen molar-refractivity contribution in [3.05, 3.63) is 113 Å². The number of hydrogen-bond acceptors (Lipinski definition) is 3. The van der Waals surface area contributed by atoms with Gasteiger partial charge in [0.25, 0.3) is 0 Å². The predicted molar refractivity (Wildman–Crippen MR) is 144 cm³/mol. The first-order chi connectivity index (χ1) is 17.0. The van der Waals surface area contributed by atoms with Crippen molar-refractivity contribution in [2.24, 2.45) is 0 Å². The molecule has 1 aliphatic rings. The molecule has 0 bridgehead atoms. The van der Waals surface area contributed by atoms with Gasteiger partial charge in [0.1, 0.15) is 5.75 Å². The van der Waals surface area contributed by atoms with Crippen molar-refractivity contribution in [1.82, 2.24) is 19.8 Å². The summed E-state index contributed by atoms with van der Waals surface area (Å²) in [6.07, 6.45) is 1.85. The molecule has 2 unspecified atom stereocenters. The fourth-order valence-corrected chi connectivity index (χ4v) is 5.42. The summed E-state index contributed by atoms with van der Waals surface area (Å²) in [6, 6.07) is 25.0. The van der Waals surface area contributed by atoms with Gasteiger partial charge in [0, 0.05) is 29.8 Å². The van der Waals surface area contributed by atoms with Gasteiger partial charge in [-0.05, 0) is 86.1 Å². The van der Waals surface area contributed by atoms with Crippen LogP contribution in [0.2, 0.25) is 0 Å². The van der Waals surface area contributed by atoms with Crippen molar-refractivity contribution in [3.63, 3.8) is 0 Å². The van der Waals surface area contributed by atoms with Crippen LogP contribution < -0.4 is 10.1 Å². The minimum absolute atomic E-state index is 0.00321. The molecule has 0 spiro atoms. The van der Waals surface area contributed by atoms with Crippen LogP contribution in [-0.4, -0.2) is 26.7 Å². The minimum Gasteiger partial charge on any atom is -0.497 e. The van der Waals surface area contributed by atoms with Crippen LogP contribution in [0.25, 0.3) is 5.69 Å². The molecule has 6 heteroatoms. The highest BCUT2D eigenvalue weighted by Gasteiger charge is 2.41. The molecule has 1 fully saturated rings. The van der Waals surface area contributed by atoms with Gasteiger partial charge in [-0.2, -0.15) is 0 Å². The molecule has 178 valence electrons. The average Bonchev–Trinajstić information content (AvgIpc) is 3.35. The van der Waals surface area contributed by atoms with Crippen molar-refractivity contribution in [2.45, 2.75) is 39.4 Å². The summed E-state index contributed by atoms with van der Waals surface area (Å²) in [5, 5.41) is 4.32. The summed E-state index contributed by atoms with van der Waals surface area (Å²) < 4.78 is 7.70. The zero-order valence-electron chi connectivity index (χ0n) is 20.5. The van der Waals surface area contributed by atoms with Gasteiger partial charge in [0.05, 0.1) is 24.9 Å². The van der Waals surface area contributed by atoms with Crippen molar-refractivity contribution < 1.29 is 4.74 Å². The summed E-state index contributed by atoms with van der Waals surface area (Å²) in [6.45, 7) is 7.23.